The zero-order valence-electron chi connectivity index (χ0n) is 12.2. The van der Waals surface area contributed by atoms with Gasteiger partial charge in [0.25, 0.3) is 5.91 Å². The Hall–Kier alpha value is -1.01. The normalized spacial score (nSPS) is 30.5. The highest BCUT2D eigenvalue weighted by molar-refractivity contribution is 5.93. The first-order chi connectivity index (χ1) is 9.20. The molecule has 0 aromatic heterocycles. The van der Waals surface area contributed by atoms with Crippen LogP contribution in [-0.4, -0.2) is 36.1 Å². The van der Waals surface area contributed by atoms with Crippen molar-refractivity contribution in [1.29, 1.82) is 0 Å². The van der Waals surface area contributed by atoms with Crippen LogP contribution in [0.3, 0.4) is 0 Å². The molecule has 3 nitrogen and oxygen atoms in total. The second-order valence-electron chi connectivity index (χ2n) is 5.88. The average molecular weight is 263 g/mol. The molecule has 0 spiro atoms. The molecule has 106 valence electrons. The summed E-state index contributed by atoms with van der Waals surface area (Å²) in [5.74, 6) is 6.23. The van der Waals surface area contributed by atoms with Crippen molar-refractivity contribution in [2.75, 3.05) is 13.2 Å². The molecule has 1 aliphatic heterocycles. The van der Waals surface area contributed by atoms with Gasteiger partial charge < -0.3 is 9.64 Å². The first-order valence-electron chi connectivity index (χ1n) is 7.55. The van der Waals surface area contributed by atoms with Gasteiger partial charge in [-0.1, -0.05) is 12.8 Å². The van der Waals surface area contributed by atoms with Crippen LogP contribution in [0, 0.1) is 17.8 Å². The van der Waals surface area contributed by atoms with Gasteiger partial charge in [0.05, 0.1) is 6.10 Å². The summed E-state index contributed by atoms with van der Waals surface area (Å²) in [5, 5.41) is 0. The summed E-state index contributed by atoms with van der Waals surface area (Å²) < 4.78 is 5.68. The summed E-state index contributed by atoms with van der Waals surface area (Å²) in [6, 6.07) is 0.369. The lowest BCUT2D eigenvalue weighted by atomic mass is 9.86. The second-order valence-corrected chi connectivity index (χ2v) is 5.88. The maximum atomic E-state index is 12.2. The van der Waals surface area contributed by atoms with Gasteiger partial charge in [0.2, 0.25) is 0 Å². The van der Waals surface area contributed by atoms with E-state index in [1.807, 2.05) is 4.90 Å². The van der Waals surface area contributed by atoms with Crippen molar-refractivity contribution in [3.8, 4) is 11.8 Å². The van der Waals surface area contributed by atoms with Crippen LogP contribution >= 0.6 is 0 Å². The zero-order chi connectivity index (χ0) is 13.7. The molecule has 0 radical (unpaired) electrons. The average Bonchev–Trinajstić information content (AvgIpc) is 2.90. The van der Waals surface area contributed by atoms with Gasteiger partial charge in [0, 0.05) is 19.2 Å². The summed E-state index contributed by atoms with van der Waals surface area (Å²) in [7, 11) is 0. The van der Waals surface area contributed by atoms with Crippen molar-refractivity contribution in [2.24, 2.45) is 5.92 Å². The predicted octanol–water partition coefficient (Wildman–Crippen LogP) is 2.60. The van der Waals surface area contributed by atoms with Gasteiger partial charge in [-0.3, -0.25) is 4.79 Å². The summed E-state index contributed by atoms with van der Waals surface area (Å²) in [6.07, 6.45) is 7.09. The molecule has 19 heavy (non-hydrogen) atoms. The number of carbonyl (C=O) groups is 1. The maximum absolute atomic E-state index is 12.2. The Morgan fingerprint density at radius 3 is 2.58 bits per heavy atom. The Balaban J connectivity index is 1.99. The molecule has 1 saturated heterocycles. The number of hydrogen-bond donors (Lipinski definition) is 0. The Morgan fingerprint density at radius 2 is 2.00 bits per heavy atom. The predicted molar refractivity (Wildman–Crippen MR) is 75.6 cm³/mol. The van der Waals surface area contributed by atoms with Crippen LogP contribution in [0.4, 0.5) is 0 Å². The minimum atomic E-state index is -0.0162. The minimum absolute atomic E-state index is 0.0162. The van der Waals surface area contributed by atoms with E-state index in [2.05, 4.69) is 18.8 Å². The largest absolute Gasteiger partial charge is 0.376 e. The molecule has 1 unspecified atom stereocenters. The van der Waals surface area contributed by atoms with Crippen LogP contribution in [0.15, 0.2) is 0 Å². The molecule has 0 bridgehead atoms. The SMILES string of the molecule is CC#CC(=O)N(CC1CCCO1)C1CCC(C)CC1. The van der Waals surface area contributed by atoms with E-state index in [-0.39, 0.29) is 12.0 Å². The van der Waals surface area contributed by atoms with Gasteiger partial charge >= 0.3 is 0 Å². The molecule has 0 aromatic rings. The Labute approximate surface area is 116 Å². The highest BCUT2D eigenvalue weighted by Gasteiger charge is 2.30. The van der Waals surface area contributed by atoms with E-state index in [4.69, 9.17) is 4.74 Å². The lowest BCUT2D eigenvalue weighted by Gasteiger charge is -2.36. The molecule has 1 aliphatic carbocycles. The van der Waals surface area contributed by atoms with Crippen molar-refractivity contribution in [3.63, 3.8) is 0 Å². The third-order valence-corrected chi connectivity index (χ3v) is 4.34. The summed E-state index contributed by atoms with van der Waals surface area (Å²) in [4.78, 5) is 14.2. The van der Waals surface area contributed by atoms with E-state index in [0.717, 1.165) is 44.8 Å². The molecule has 0 N–H and O–H groups in total. The van der Waals surface area contributed by atoms with Crippen molar-refractivity contribution in [1.82, 2.24) is 4.90 Å². The van der Waals surface area contributed by atoms with Crippen molar-refractivity contribution < 1.29 is 9.53 Å². The number of hydrogen-bond acceptors (Lipinski definition) is 2. The van der Waals surface area contributed by atoms with E-state index in [9.17, 15) is 4.79 Å². The third kappa shape index (κ3) is 3.98. The number of ether oxygens (including phenoxy) is 1. The Kier molecular flexibility index (Phi) is 5.27. The van der Waals surface area contributed by atoms with Crippen LogP contribution in [0.25, 0.3) is 0 Å². The molecule has 1 heterocycles. The van der Waals surface area contributed by atoms with E-state index in [1.54, 1.807) is 6.92 Å². The van der Waals surface area contributed by atoms with Crippen LogP contribution < -0.4 is 0 Å². The molecule has 0 aromatic carbocycles. The second kappa shape index (κ2) is 6.96. The first-order valence-corrected chi connectivity index (χ1v) is 7.55. The van der Waals surface area contributed by atoms with Crippen molar-refractivity contribution in [3.05, 3.63) is 0 Å². The number of amides is 1. The van der Waals surface area contributed by atoms with Crippen LogP contribution in [0.2, 0.25) is 0 Å². The van der Waals surface area contributed by atoms with Gasteiger partial charge in [-0.15, -0.1) is 0 Å². The lowest BCUT2D eigenvalue weighted by Crippen LogP contribution is -2.45. The van der Waals surface area contributed by atoms with E-state index < -0.39 is 0 Å². The zero-order valence-corrected chi connectivity index (χ0v) is 12.2. The van der Waals surface area contributed by atoms with E-state index in [0.29, 0.717) is 6.04 Å². The fourth-order valence-corrected chi connectivity index (χ4v) is 3.14. The molecular formula is C16H25NO2. The topological polar surface area (TPSA) is 29.5 Å². The Bertz CT molecular complexity index is 355. The molecule has 2 rings (SSSR count). The van der Waals surface area contributed by atoms with Gasteiger partial charge in [0.15, 0.2) is 0 Å². The third-order valence-electron chi connectivity index (χ3n) is 4.34. The Morgan fingerprint density at radius 1 is 1.26 bits per heavy atom. The summed E-state index contributed by atoms with van der Waals surface area (Å²) >= 11 is 0. The van der Waals surface area contributed by atoms with Crippen molar-refractivity contribution >= 4 is 5.91 Å². The van der Waals surface area contributed by atoms with Gasteiger partial charge in [-0.25, -0.2) is 0 Å². The maximum Gasteiger partial charge on any atom is 0.298 e. The van der Waals surface area contributed by atoms with Gasteiger partial charge in [0.1, 0.15) is 0 Å². The summed E-state index contributed by atoms with van der Waals surface area (Å²) in [6.45, 7) is 5.60. The molecule has 3 heteroatoms. The highest BCUT2D eigenvalue weighted by Crippen LogP contribution is 2.28. The summed E-state index contributed by atoms with van der Waals surface area (Å²) in [5.41, 5.74) is 0. The monoisotopic (exact) mass is 263 g/mol. The molecule has 1 saturated carbocycles. The fourth-order valence-electron chi connectivity index (χ4n) is 3.14. The highest BCUT2D eigenvalue weighted by atomic mass is 16.5. The standard InChI is InChI=1S/C16H25NO2/c1-3-5-16(18)17(12-15-6-4-11-19-15)14-9-7-13(2)8-10-14/h13-15H,4,6-12H2,1-2H3. The first kappa shape index (κ1) is 14.4. The molecule has 2 fully saturated rings. The quantitative estimate of drug-likeness (QED) is 0.733. The van der Waals surface area contributed by atoms with Crippen LogP contribution in [0.5, 0.6) is 0 Å². The van der Waals surface area contributed by atoms with Crippen LogP contribution in [0.1, 0.15) is 52.4 Å². The van der Waals surface area contributed by atoms with E-state index >= 15 is 0 Å². The molecule has 1 atom stereocenters. The number of nitrogens with zero attached hydrogens (tertiary/aromatic N) is 1. The van der Waals surface area contributed by atoms with Crippen LogP contribution in [-0.2, 0) is 9.53 Å². The van der Waals surface area contributed by atoms with Crippen molar-refractivity contribution in [2.45, 2.75) is 64.5 Å². The molecule has 1 amide bonds. The molecular weight excluding hydrogens is 238 g/mol. The lowest BCUT2D eigenvalue weighted by molar-refractivity contribution is -0.130. The van der Waals surface area contributed by atoms with Gasteiger partial charge in [-0.05, 0) is 57.3 Å². The van der Waals surface area contributed by atoms with E-state index in [1.165, 1.54) is 12.8 Å². The molecule has 2 aliphatic rings. The number of rotatable bonds is 3. The fraction of sp³-hybridized carbons (Fsp3) is 0.812. The van der Waals surface area contributed by atoms with Gasteiger partial charge in [-0.2, -0.15) is 0 Å². The number of carbonyl (C=O) groups excluding carboxylic acids is 1. The minimum Gasteiger partial charge on any atom is -0.376 e. The smallest absolute Gasteiger partial charge is 0.298 e.